The summed E-state index contributed by atoms with van der Waals surface area (Å²) in [7, 11) is 0. The first-order valence-electron chi connectivity index (χ1n) is 12.1. The molecule has 0 aliphatic heterocycles. The number of unbranched alkanes of at least 4 members (excludes halogenated alkanes) is 1. The highest BCUT2D eigenvalue weighted by atomic mass is 35.5. The number of carbonyl (C=O) groups is 1. The molecule has 0 amide bonds. The molecule has 0 spiro atoms. The number of hydrogen-bond donors (Lipinski definition) is 3. The third kappa shape index (κ3) is 7.14. The van der Waals surface area contributed by atoms with Gasteiger partial charge in [0.25, 0.3) is 0 Å². The molecule has 4 aromatic rings. The van der Waals surface area contributed by atoms with Gasteiger partial charge in [-0.25, -0.2) is 9.78 Å². The van der Waals surface area contributed by atoms with Crippen LogP contribution in [0.5, 0.6) is 0 Å². The Morgan fingerprint density at radius 2 is 1.89 bits per heavy atom. The normalized spacial score (nSPS) is 11.0. The number of carboxylic acid groups (broad SMARTS) is 1. The van der Waals surface area contributed by atoms with Crippen LogP contribution in [0, 0.1) is 11.3 Å². The highest BCUT2D eigenvalue weighted by Gasteiger charge is 2.11. The minimum absolute atomic E-state index is 0.198. The molecule has 37 heavy (non-hydrogen) atoms. The molecule has 2 heterocycles. The molecule has 0 aliphatic rings. The molecule has 4 rings (SSSR count). The first kappa shape index (κ1) is 26.3. The molecule has 0 unspecified atom stereocenters. The Kier molecular flexibility index (Phi) is 9.22. The second-order valence-electron chi connectivity index (χ2n) is 8.64. The lowest BCUT2D eigenvalue weighted by Crippen LogP contribution is -2.16. The highest BCUT2D eigenvalue weighted by molar-refractivity contribution is 6.30. The summed E-state index contributed by atoms with van der Waals surface area (Å²) in [6.45, 7) is 3.33. The molecule has 0 saturated heterocycles. The summed E-state index contributed by atoms with van der Waals surface area (Å²) in [5.41, 5.74) is 2.81. The molecule has 0 fully saturated rings. The van der Waals surface area contributed by atoms with Crippen molar-refractivity contribution in [3.05, 3.63) is 76.6 Å². The minimum Gasteiger partial charge on any atom is -0.478 e. The van der Waals surface area contributed by atoms with Crippen molar-refractivity contribution in [2.24, 2.45) is 0 Å². The standard InChI is InChI=1S/C28H28ClN5O3/c29-22-14-19(5-7-30)13-20(15-22)17-31-8-1-2-11-37-12-10-33-27-24-6-9-32-18-25(24)23-4-3-21(28(35)36)16-26(23)34-27/h3-4,6,9,13-16,18,31H,1-2,5,8,10-12,17H2,(H,33,34)(H,35,36). The summed E-state index contributed by atoms with van der Waals surface area (Å²) in [4.78, 5) is 20.3. The average molecular weight is 518 g/mol. The Balaban J connectivity index is 1.20. The highest BCUT2D eigenvalue weighted by Crippen LogP contribution is 2.29. The summed E-state index contributed by atoms with van der Waals surface area (Å²) in [6, 6.07) is 14.7. The van der Waals surface area contributed by atoms with Crippen molar-refractivity contribution in [2.75, 3.05) is 31.6 Å². The van der Waals surface area contributed by atoms with Crippen LogP contribution in [0.1, 0.15) is 34.3 Å². The number of nitrogens with zero attached hydrogens (tertiary/aromatic N) is 3. The number of anilines is 1. The molecule has 2 aromatic carbocycles. The zero-order valence-corrected chi connectivity index (χ0v) is 21.1. The van der Waals surface area contributed by atoms with Crippen molar-refractivity contribution in [1.82, 2.24) is 15.3 Å². The molecule has 0 radical (unpaired) electrons. The monoisotopic (exact) mass is 517 g/mol. The van der Waals surface area contributed by atoms with Gasteiger partial charge in [-0.15, -0.1) is 0 Å². The van der Waals surface area contributed by atoms with Gasteiger partial charge in [-0.05, 0) is 60.8 Å². The summed E-state index contributed by atoms with van der Waals surface area (Å²) in [5, 5.41) is 28.3. The van der Waals surface area contributed by atoms with Gasteiger partial charge in [-0.3, -0.25) is 4.98 Å². The van der Waals surface area contributed by atoms with E-state index in [9.17, 15) is 9.90 Å². The largest absolute Gasteiger partial charge is 0.478 e. The first-order chi connectivity index (χ1) is 18.0. The van der Waals surface area contributed by atoms with Gasteiger partial charge in [-0.2, -0.15) is 5.26 Å². The van der Waals surface area contributed by atoms with E-state index in [1.165, 1.54) is 0 Å². The van der Waals surface area contributed by atoms with Crippen molar-refractivity contribution in [2.45, 2.75) is 25.8 Å². The smallest absolute Gasteiger partial charge is 0.335 e. The Bertz CT molecular complexity index is 1440. The number of nitrogens with one attached hydrogen (secondary N) is 2. The van der Waals surface area contributed by atoms with E-state index < -0.39 is 5.97 Å². The van der Waals surface area contributed by atoms with Crippen LogP contribution in [0.4, 0.5) is 5.82 Å². The fourth-order valence-corrected chi connectivity index (χ4v) is 4.44. The number of aromatic carboxylic acids is 1. The van der Waals surface area contributed by atoms with Crippen LogP contribution in [0.3, 0.4) is 0 Å². The topological polar surface area (TPSA) is 120 Å². The molecular formula is C28H28ClN5O3. The molecule has 0 saturated carbocycles. The van der Waals surface area contributed by atoms with Crippen LogP contribution in [-0.2, 0) is 17.7 Å². The van der Waals surface area contributed by atoms with Gasteiger partial charge >= 0.3 is 5.97 Å². The number of benzene rings is 2. The molecule has 0 aliphatic carbocycles. The van der Waals surface area contributed by atoms with Crippen molar-refractivity contribution in [3.63, 3.8) is 0 Å². The van der Waals surface area contributed by atoms with Crippen LogP contribution in [0.15, 0.2) is 54.9 Å². The zero-order valence-electron chi connectivity index (χ0n) is 20.3. The number of halogens is 1. The second-order valence-corrected chi connectivity index (χ2v) is 9.08. The van der Waals surface area contributed by atoms with E-state index in [4.69, 9.17) is 21.6 Å². The van der Waals surface area contributed by atoms with Crippen molar-refractivity contribution in [3.8, 4) is 6.07 Å². The number of rotatable bonds is 13. The summed E-state index contributed by atoms with van der Waals surface area (Å²) in [5.74, 6) is -0.304. The van der Waals surface area contributed by atoms with Gasteiger partial charge in [0.1, 0.15) is 5.82 Å². The number of nitriles is 1. The van der Waals surface area contributed by atoms with Crippen LogP contribution < -0.4 is 10.6 Å². The summed E-state index contributed by atoms with van der Waals surface area (Å²) >= 11 is 6.13. The molecule has 9 heteroatoms. The number of carboxylic acids is 1. The molecule has 8 nitrogen and oxygen atoms in total. The van der Waals surface area contributed by atoms with Crippen LogP contribution >= 0.6 is 11.6 Å². The van der Waals surface area contributed by atoms with Crippen molar-refractivity contribution >= 4 is 45.1 Å². The van der Waals surface area contributed by atoms with E-state index in [2.05, 4.69) is 26.7 Å². The maximum atomic E-state index is 11.4. The Hall–Kier alpha value is -3.77. The minimum atomic E-state index is -0.984. The summed E-state index contributed by atoms with van der Waals surface area (Å²) < 4.78 is 5.77. The number of hydrogen-bond acceptors (Lipinski definition) is 7. The first-order valence-corrected chi connectivity index (χ1v) is 12.5. The maximum Gasteiger partial charge on any atom is 0.335 e. The number of aromatic nitrogens is 2. The van der Waals surface area contributed by atoms with Gasteiger partial charge in [0, 0.05) is 53.3 Å². The second kappa shape index (κ2) is 13.0. The van der Waals surface area contributed by atoms with Crippen molar-refractivity contribution < 1.29 is 14.6 Å². The van der Waals surface area contributed by atoms with Gasteiger partial charge in [0.05, 0.1) is 30.2 Å². The lowest BCUT2D eigenvalue weighted by atomic mass is 10.1. The number of pyridine rings is 2. The average Bonchev–Trinajstić information content (AvgIpc) is 2.89. The fraction of sp³-hybridized carbons (Fsp3) is 0.286. The predicted molar refractivity (Wildman–Crippen MR) is 145 cm³/mol. The van der Waals surface area contributed by atoms with Crippen LogP contribution in [0.25, 0.3) is 21.7 Å². The molecule has 2 aromatic heterocycles. The van der Waals surface area contributed by atoms with Crippen LogP contribution in [0.2, 0.25) is 5.02 Å². The van der Waals surface area contributed by atoms with E-state index in [0.717, 1.165) is 46.7 Å². The van der Waals surface area contributed by atoms with Crippen LogP contribution in [-0.4, -0.2) is 47.3 Å². The molecule has 190 valence electrons. The van der Waals surface area contributed by atoms with E-state index >= 15 is 0 Å². The zero-order chi connectivity index (χ0) is 26.0. The van der Waals surface area contributed by atoms with E-state index in [1.54, 1.807) is 30.6 Å². The Morgan fingerprint density at radius 3 is 2.73 bits per heavy atom. The summed E-state index contributed by atoms with van der Waals surface area (Å²) in [6.07, 6.45) is 5.76. The quantitative estimate of drug-likeness (QED) is 0.163. The third-order valence-corrected chi connectivity index (χ3v) is 6.12. The SMILES string of the molecule is N#CCc1cc(Cl)cc(CNCCCCOCCNc2nc3cc(C(=O)O)ccc3c3cnccc23)c1. The van der Waals surface area contributed by atoms with Gasteiger partial charge in [-0.1, -0.05) is 23.7 Å². The molecule has 0 bridgehead atoms. The fourth-order valence-electron chi connectivity index (χ4n) is 4.16. The molecule has 3 N–H and O–H groups in total. The predicted octanol–water partition coefficient (Wildman–Crippen LogP) is 5.20. The van der Waals surface area contributed by atoms with E-state index in [-0.39, 0.29) is 5.56 Å². The Morgan fingerprint density at radius 1 is 1.03 bits per heavy atom. The van der Waals surface area contributed by atoms with Gasteiger partial charge in [0.2, 0.25) is 0 Å². The number of ether oxygens (including phenoxy) is 1. The lowest BCUT2D eigenvalue weighted by Gasteiger charge is -2.12. The van der Waals surface area contributed by atoms with Crippen molar-refractivity contribution in [1.29, 1.82) is 5.26 Å². The molecular weight excluding hydrogens is 490 g/mol. The number of fused-ring (bicyclic) bond motifs is 3. The van der Waals surface area contributed by atoms with E-state index in [1.807, 2.05) is 24.3 Å². The Labute approximate surface area is 220 Å². The third-order valence-electron chi connectivity index (χ3n) is 5.90. The van der Waals surface area contributed by atoms with E-state index in [0.29, 0.717) is 49.1 Å². The maximum absolute atomic E-state index is 11.4. The van der Waals surface area contributed by atoms with Gasteiger partial charge in [0.15, 0.2) is 0 Å². The molecule has 0 atom stereocenters. The van der Waals surface area contributed by atoms with Gasteiger partial charge < -0.3 is 20.5 Å². The lowest BCUT2D eigenvalue weighted by molar-refractivity contribution is 0.0697.